The zero-order valence-corrected chi connectivity index (χ0v) is 10.8. The number of hydrogen-bond acceptors (Lipinski definition) is 3. The number of benzene rings is 1. The lowest BCUT2D eigenvalue weighted by atomic mass is 10.0. The summed E-state index contributed by atoms with van der Waals surface area (Å²) in [5.74, 6) is -0.278. The van der Waals surface area contributed by atoms with Gasteiger partial charge in [-0.15, -0.1) is 0 Å². The molecule has 100 valence electrons. The summed E-state index contributed by atoms with van der Waals surface area (Å²) >= 11 is 0. The Bertz CT molecular complexity index is 416. The number of rotatable bonds is 4. The van der Waals surface area contributed by atoms with Gasteiger partial charge in [-0.3, -0.25) is 0 Å². The molecule has 1 aromatic rings. The lowest BCUT2D eigenvalue weighted by Crippen LogP contribution is -2.39. The molecule has 0 heterocycles. The zero-order chi connectivity index (χ0) is 13.2. The summed E-state index contributed by atoms with van der Waals surface area (Å²) < 4.78 is 13.7. The second-order valence-corrected chi connectivity index (χ2v) is 5.23. The van der Waals surface area contributed by atoms with Crippen LogP contribution in [0.15, 0.2) is 18.2 Å². The van der Waals surface area contributed by atoms with Gasteiger partial charge in [0, 0.05) is 31.4 Å². The first-order valence-corrected chi connectivity index (χ1v) is 6.47. The van der Waals surface area contributed by atoms with E-state index in [1.54, 1.807) is 6.07 Å². The summed E-state index contributed by atoms with van der Waals surface area (Å²) in [6.45, 7) is 0.703. The molecule has 1 fully saturated rings. The standard InChI is InChI=1S/C14H21FN2O/c1-17(10-14(18)7-2-3-8-14)13-6-4-5-12(15)11(13)9-16/h4-6,18H,2-3,7-10,16H2,1H3. The van der Waals surface area contributed by atoms with Crippen molar-refractivity contribution in [1.82, 2.24) is 0 Å². The highest BCUT2D eigenvalue weighted by Gasteiger charge is 2.32. The molecule has 1 aromatic carbocycles. The van der Waals surface area contributed by atoms with Gasteiger partial charge in [-0.2, -0.15) is 0 Å². The third-order valence-electron chi connectivity index (χ3n) is 3.78. The van der Waals surface area contributed by atoms with Gasteiger partial charge < -0.3 is 15.7 Å². The molecule has 18 heavy (non-hydrogen) atoms. The molecule has 0 aromatic heterocycles. The number of likely N-dealkylation sites (N-methyl/N-ethyl adjacent to an activating group) is 1. The third kappa shape index (κ3) is 2.65. The lowest BCUT2D eigenvalue weighted by Gasteiger charge is -2.31. The van der Waals surface area contributed by atoms with Gasteiger partial charge in [0.25, 0.3) is 0 Å². The molecular weight excluding hydrogens is 231 g/mol. The van der Waals surface area contributed by atoms with Crippen molar-refractivity contribution in [2.75, 3.05) is 18.5 Å². The first kappa shape index (κ1) is 13.3. The molecule has 3 N–H and O–H groups in total. The zero-order valence-electron chi connectivity index (χ0n) is 10.8. The minimum Gasteiger partial charge on any atom is -0.388 e. The van der Waals surface area contributed by atoms with Crippen molar-refractivity contribution < 1.29 is 9.50 Å². The van der Waals surface area contributed by atoms with Crippen LogP contribution in [0, 0.1) is 5.82 Å². The molecule has 1 aliphatic carbocycles. The molecular formula is C14H21FN2O. The highest BCUT2D eigenvalue weighted by molar-refractivity contribution is 5.54. The van der Waals surface area contributed by atoms with E-state index in [0.29, 0.717) is 12.1 Å². The van der Waals surface area contributed by atoms with Crippen LogP contribution in [0.4, 0.5) is 10.1 Å². The van der Waals surface area contributed by atoms with Gasteiger partial charge in [-0.05, 0) is 25.0 Å². The third-order valence-corrected chi connectivity index (χ3v) is 3.78. The number of nitrogens with two attached hydrogens (primary N) is 1. The molecule has 2 rings (SSSR count). The SMILES string of the molecule is CN(CC1(O)CCCC1)c1cccc(F)c1CN. The van der Waals surface area contributed by atoms with Crippen molar-refractivity contribution in [3.05, 3.63) is 29.6 Å². The highest BCUT2D eigenvalue weighted by Crippen LogP contribution is 2.32. The fraction of sp³-hybridized carbons (Fsp3) is 0.571. The number of anilines is 1. The van der Waals surface area contributed by atoms with Gasteiger partial charge in [0.05, 0.1) is 5.60 Å². The lowest BCUT2D eigenvalue weighted by molar-refractivity contribution is 0.0559. The summed E-state index contributed by atoms with van der Waals surface area (Å²) in [5.41, 5.74) is 6.26. The van der Waals surface area contributed by atoms with E-state index in [4.69, 9.17) is 5.73 Å². The Morgan fingerprint density at radius 3 is 2.67 bits per heavy atom. The van der Waals surface area contributed by atoms with Crippen LogP contribution in [0.5, 0.6) is 0 Å². The maximum Gasteiger partial charge on any atom is 0.129 e. The number of hydrogen-bond donors (Lipinski definition) is 2. The molecule has 0 radical (unpaired) electrons. The van der Waals surface area contributed by atoms with Gasteiger partial charge in [-0.1, -0.05) is 18.9 Å². The minimum absolute atomic E-state index is 0.171. The van der Waals surface area contributed by atoms with Crippen LogP contribution in [0.3, 0.4) is 0 Å². The van der Waals surface area contributed by atoms with E-state index >= 15 is 0 Å². The van der Waals surface area contributed by atoms with Crippen LogP contribution < -0.4 is 10.6 Å². The molecule has 3 nitrogen and oxygen atoms in total. The van der Waals surface area contributed by atoms with Gasteiger partial charge in [0.2, 0.25) is 0 Å². The Morgan fingerprint density at radius 2 is 2.06 bits per heavy atom. The van der Waals surface area contributed by atoms with E-state index in [2.05, 4.69) is 0 Å². The Labute approximate surface area is 107 Å². The van der Waals surface area contributed by atoms with Crippen LogP contribution in [0.2, 0.25) is 0 Å². The molecule has 4 heteroatoms. The van der Waals surface area contributed by atoms with Crippen molar-refractivity contribution >= 4 is 5.69 Å². The fourth-order valence-corrected chi connectivity index (χ4v) is 2.82. The molecule has 1 aliphatic rings. The second kappa shape index (κ2) is 5.24. The first-order valence-electron chi connectivity index (χ1n) is 6.47. The van der Waals surface area contributed by atoms with Gasteiger partial charge in [-0.25, -0.2) is 4.39 Å². The van der Waals surface area contributed by atoms with Crippen molar-refractivity contribution in [3.63, 3.8) is 0 Å². The van der Waals surface area contributed by atoms with Crippen molar-refractivity contribution in [3.8, 4) is 0 Å². The highest BCUT2D eigenvalue weighted by atomic mass is 19.1. The Hall–Kier alpha value is -1.13. The van der Waals surface area contributed by atoms with Crippen LogP contribution >= 0.6 is 0 Å². The molecule has 0 amide bonds. The van der Waals surface area contributed by atoms with Crippen LogP contribution in [0.25, 0.3) is 0 Å². The predicted molar refractivity (Wildman–Crippen MR) is 71.0 cm³/mol. The quantitative estimate of drug-likeness (QED) is 0.862. The fourth-order valence-electron chi connectivity index (χ4n) is 2.82. The Balaban J connectivity index is 2.18. The number of aliphatic hydroxyl groups is 1. The molecule has 0 saturated heterocycles. The molecule has 1 saturated carbocycles. The van der Waals surface area contributed by atoms with Crippen LogP contribution in [-0.2, 0) is 6.54 Å². The van der Waals surface area contributed by atoms with Gasteiger partial charge in [0.15, 0.2) is 0 Å². The average molecular weight is 252 g/mol. The minimum atomic E-state index is -0.632. The Kier molecular flexibility index (Phi) is 3.88. The largest absolute Gasteiger partial charge is 0.388 e. The van der Waals surface area contributed by atoms with Crippen molar-refractivity contribution in [1.29, 1.82) is 0 Å². The smallest absolute Gasteiger partial charge is 0.129 e. The molecule has 0 unspecified atom stereocenters. The van der Waals surface area contributed by atoms with E-state index in [9.17, 15) is 9.50 Å². The summed E-state index contributed by atoms with van der Waals surface area (Å²) in [7, 11) is 1.88. The normalized spacial score (nSPS) is 18.0. The monoisotopic (exact) mass is 252 g/mol. The summed E-state index contributed by atoms with van der Waals surface area (Å²) in [4.78, 5) is 1.91. The van der Waals surface area contributed by atoms with Crippen LogP contribution in [-0.4, -0.2) is 24.3 Å². The van der Waals surface area contributed by atoms with Gasteiger partial charge >= 0.3 is 0 Å². The number of nitrogens with zero attached hydrogens (tertiary/aromatic N) is 1. The molecule has 0 atom stereocenters. The van der Waals surface area contributed by atoms with Crippen LogP contribution in [0.1, 0.15) is 31.2 Å². The maximum absolute atomic E-state index is 13.7. The first-order chi connectivity index (χ1) is 8.56. The molecule has 0 spiro atoms. The topological polar surface area (TPSA) is 49.5 Å². The Morgan fingerprint density at radius 1 is 1.39 bits per heavy atom. The van der Waals surface area contributed by atoms with E-state index in [1.807, 2.05) is 18.0 Å². The van der Waals surface area contributed by atoms with E-state index < -0.39 is 5.60 Å². The van der Waals surface area contributed by atoms with E-state index in [1.165, 1.54) is 6.07 Å². The number of halogens is 1. The molecule has 0 aliphatic heterocycles. The summed E-state index contributed by atoms with van der Waals surface area (Å²) in [6, 6.07) is 4.95. The molecule has 0 bridgehead atoms. The maximum atomic E-state index is 13.7. The van der Waals surface area contributed by atoms with Gasteiger partial charge in [0.1, 0.15) is 5.82 Å². The summed E-state index contributed by atoms with van der Waals surface area (Å²) in [5, 5.41) is 10.4. The summed E-state index contributed by atoms with van der Waals surface area (Å²) in [6.07, 6.45) is 3.78. The van der Waals surface area contributed by atoms with Crippen molar-refractivity contribution in [2.45, 2.75) is 37.8 Å². The second-order valence-electron chi connectivity index (χ2n) is 5.23. The predicted octanol–water partition coefficient (Wildman–Crippen LogP) is 2.03. The van der Waals surface area contributed by atoms with Crippen molar-refractivity contribution in [2.24, 2.45) is 5.73 Å². The van der Waals surface area contributed by atoms with E-state index in [-0.39, 0.29) is 12.4 Å². The van der Waals surface area contributed by atoms with E-state index in [0.717, 1.165) is 31.4 Å². The average Bonchev–Trinajstić information content (AvgIpc) is 2.75.